The van der Waals surface area contributed by atoms with Crippen LogP contribution >= 0.6 is 11.6 Å². The number of carbonyl (C=O) groups is 2. The fraction of sp³-hybridized carbons (Fsp3) is 0.500. The van der Waals surface area contributed by atoms with Crippen molar-refractivity contribution in [2.24, 2.45) is 11.0 Å². The van der Waals surface area contributed by atoms with Crippen molar-refractivity contribution in [2.45, 2.75) is 38.1 Å². The van der Waals surface area contributed by atoms with Gasteiger partial charge < -0.3 is 14.4 Å². The van der Waals surface area contributed by atoms with Gasteiger partial charge in [-0.1, -0.05) is 48.7 Å². The fourth-order valence-corrected chi connectivity index (χ4v) is 5.81. The second-order valence-corrected chi connectivity index (χ2v) is 10.9. The van der Waals surface area contributed by atoms with Gasteiger partial charge in [0, 0.05) is 49.1 Å². The number of hydrogen-bond donors (Lipinski definition) is 0. The molecule has 0 radical (unpaired) electrons. The second kappa shape index (κ2) is 12.9. The number of hydrazone groups is 1. The van der Waals surface area contributed by atoms with Gasteiger partial charge >= 0.3 is 0 Å². The summed E-state index contributed by atoms with van der Waals surface area (Å²) >= 11 is 6.16. The normalized spacial score (nSPS) is 20.2. The van der Waals surface area contributed by atoms with Crippen LogP contribution in [0.15, 0.2) is 53.6 Å². The Balaban J connectivity index is 1.38. The molecule has 2 aliphatic heterocycles. The summed E-state index contributed by atoms with van der Waals surface area (Å²) in [7, 11) is 1.63. The third-order valence-electron chi connectivity index (χ3n) is 7.96. The third-order valence-corrected chi connectivity index (χ3v) is 8.21. The number of rotatable bonds is 9. The van der Waals surface area contributed by atoms with Crippen molar-refractivity contribution in [1.82, 2.24) is 14.8 Å². The van der Waals surface area contributed by atoms with Gasteiger partial charge in [-0.05, 0) is 42.7 Å². The maximum absolute atomic E-state index is 13.9. The zero-order chi connectivity index (χ0) is 27.2. The molecule has 3 aliphatic rings. The summed E-state index contributed by atoms with van der Waals surface area (Å²) in [5.41, 5.74) is 2.68. The van der Waals surface area contributed by atoms with Crippen LogP contribution in [0.2, 0.25) is 5.02 Å². The minimum atomic E-state index is -0.279. The molecule has 2 heterocycles. The quantitative estimate of drug-likeness (QED) is 0.461. The Bertz CT molecular complexity index is 1180. The van der Waals surface area contributed by atoms with E-state index in [1.54, 1.807) is 17.0 Å². The zero-order valence-electron chi connectivity index (χ0n) is 22.6. The summed E-state index contributed by atoms with van der Waals surface area (Å²) in [6.45, 7) is 4.36. The molecule has 1 saturated heterocycles. The summed E-state index contributed by atoms with van der Waals surface area (Å²) in [4.78, 5) is 31.5. The van der Waals surface area contributed by atoms with E-state index in [0.29, 0.717) is 31.2 Å². The molecule has 8 nitrogen and oxygen atoms in total. The molecule has 0 spiro atoms. The lowest BCUT2D eigenvalue weighted by Gasteiger charge is -2.32. The van der Waals surface area contributed by atoms with Crippen molar-refractivity contribution in [2.75, 3.05) is 53.0 Å². The van der Waals surface area contributed by atoms with Crippen LogP contribution in [0.5, 0.6) is 5.75 Å². The Morgan fingerprint density at radius 3 is 2.56 bits per heavy atom. The van der Waals surface area contributed by atoms with Crippen LogP contribution in [0.4, 0.5) is 0 Å². The summed E-state index contributed by atoms with van der Waals surface area (Å²) in [6.07, 6.45) is 4.50. The lowest BCUT2D eigenvalue weighted by Crippen LogP contribution is -2.47. The smallest absolute Gasteiger partial charge is 0.262 e. The highest BCUT2D eigenvalue weighted by Crippen LogP contribution is 2.34. The first kappa shape index (κ1) is 27.6. The lowest BCUT2D eigenvalue weighted by molar-refractivity contribution is -0.144. The van der Waals surface area contributed by atoms with Gasteiger partial charge in [0.05, 0.1) is 32.1 Å². The number of morpholine rings is 1. The molecular weight excluding hydrogens is 516 g/mol. The first-order chi connectivity index (χ1) is 19.0. The Kier molecular flexibility index (Phi) is 9.17. The molecule has 2 amide bonds. The van der Waals surface area contributed by atoms with E-state index in [1.165, 1.54) is 0 Å². The Labute approximate surface area is 235 Å². The monoisotopic (exact) mass is 552 g/mol. The highest BCUT2D eigenvalue weighted by molar-refractivity contribution is 6.30. The van der Waals surface area contributed by atoms with Gasteiger partial charge in [-0.3, -0.25) is 14.5 Å². The van der Waals surface area contributed by atoms with Gasteiger partial charge in [0.15, 0.2) is 0 Å². The van der Waals surface area contributed by atoms with Crippen molar-refractivity contribution in [3.05, 3.63) is 64.7 Å². The van der Waals surface area contributed by atoms with E-state index < -0.39 is 0 Å². The summed E-state index contributed by atoms with van der Waals surface area (Å²) in [6, 6.07) is 15.0. The highest BCUT2D eigenvalue weighted by Gasteiger charge is 2.36. The molecule has 0 N–H and O–H groups in total. The minimum Gasteiger partial charge on any atom is -0.497 e. The van der Waals surface area contributed by atoms with Crippen LogP contribution in [-0.4, -0.2) is 85.4 Å². The van der Waals surface area contributed by atoms with Gasteiger partial charge in [-0.15, -0.1) is 0 Å². The summed E-state index contributed by atoms with van der Waals surface area (Å²) in [5, 5.41) is 7.03. The largest absolute Gasteiger partial charge is 0.497 e. The lowest BCUT2D eigenvalue weighted by atomic mass is 9.98. The average Bonchev–Trinajstić information content (AvgIpc) is 3.67. The minimum absolute atomic E-state index is 0.00368. The van der Waals surface area contributed by atoms with E-state index in [4.69, 9.17) is 26.2 Å². The average molecular weight is 553 g/mol. The molecule has 2 fully saturated rings. The van der Waals surface area contributed by atoms with E-state index >= 15 is 0 Å². The van der Waals surface area contributed by atoms with Gasteiger partial charge in [0.1, 0.15) is 12.3 Å². The maximum Gasteiger partial charge on any atom is 0.262 e. The standard InChI is InChI=1S/C30H37ClN4O4/c1-38-26-8-4-7-24(19-26)27-20-28(22-9-11-25(31)12-10-22)35(32-27)29(36)21-34(30(37)23-5-2-3-6-23)14-13-33-15-17-39-18-16-33/h4,7-12,19,23,28H,2-3,5-6,13-18,20-21H2,1H3/t28-/m1/s1. The molecule has 5 rings (SSSR count). The van der Waals surface area contributed by atoms with E-state index in [2.05, 4.69) is 4.90 Å². The molecule has 2 aromatic carbocycles. The molecule has 208 valence electrons. The highest BCUT2D eigenvalue weighted by atomic mass is 35.5. The second-order valence-electron chi connectivity index (χ2n) is 10.5. The van der Waals surface area contributed by atoms with Crippen molar-refractivity contribution in [3.63, 3.8) is 0 Å². The zero-order valence-corrected chi connectivity index (χ0v) is 23.3. The Morgan fingerprint density at radius 1 is 1.10 bits per heavy atom. The molecule has 1 aliphatic carbocycles. The molecule has 1 atom stereocenters. The van der Waals surface area contributed by atoms with Gasteiger partial charge in [-0.25, -0.2) is 5.01 Å². The predicted octanol–water partition coefficient (Wildman–Crippen LogP) is 4.38. The molecule has 1 saturated carbocycles. The number of ether oxygens (including phenoxy) is 2. The SMILES string of the molecule is COc1cccc(C2=NN(C(=O)CN(CCN3CCOCC3)C(=O)C3CCCC3)[C@@H](c3ccc(Cl)cc3)C2)c1. The number of amides is 2. The van der Waals surface area contributed by atoms with Crippen molar-refractivity contribution in [1.29, 1.82) is 0 Å². The Morgan fingerprint density at radius 2 is 1.85 bits per heavy atom. The number of carbonyl (C=O) groups excluding carboxylic acids is 2. The maximum atomic E-state index is 13.9. The van der Waals surface area contributed by atoms with Gasteiger partial charge in [0.25, 0.3) is 5.91 Å². The van der Waals surface area contributed by atoms with Crippen molar-refractivity contribution >= 4 is 29.1 Å². The van der Waals surface area contributed by atoms with Crippen LogP contribution in [0.25, 0.3) is 0 Å². The van der Waals surface area contributed by atoms with Crippen molar-refractivity contribution < 1.29 is 19.1 Å². The van der Waals surface area contributed by atoms with E-state index in [9.17, 15) is 9.59 Å². The summed E-state index contributed by atoms with van der Waals surface area (Å²) in [5.74, 6) is 0.651. The Hall–Kier alpha value is -2.94. The van der Waals surface area contributed by atoms with E-state index in [0.717, 1.165) is 67.9 Å². The van der Waals surface area contributed by atoms with Crippen molar-refractivity contribution in [3.8, 4) is 5.75 Å². The first-order valence-electron chi connectivity index (χ1n) is 13.9. The fourth-order valence-electron chi connectivity index (χ4n) is 5.68. The van der Waals surface area contributed by atoms with Crippen LogP contribution in [-0.2, 0) is 14.3 Å². The van der Waals surface area contributed by atoms with E-state index in [1.807, 2.05) is 48.5 Å². The summed E-state index contributed by atoms with van der Waals surface area (Å²) < 4.78 is 10.9. The van der Waals surface area contributed by atoms with Crippen LogP contribution in [0.1, 0.15) is 49.3 Å². The number of nitrogens with zero attached hydrogens (tertiary/aromatic N) is 4. The molecule has 9 heteroatoms. The number of hydrogen-bond acceptors (Lipinski definition) is 6. The molecule has 39 heavy (non-hydrogen) atoms. The van der Waals surface area contributed by atoms with Gasteiger partial charge in [-0.2, -0.15) is 5.10 Å². The van der Waals surface area contributed by atoms with Crippen LogP contribution < -0.4 is 4.74 Å². The van der Waals surface area contributed by atoms with Crippen LogP contribution in [0.3, 0.4) is 0 Å². The third kappa shape index (κ3) is 6.80. The van der Waals surface area contributed by atoms with Crippen LogP contribution in [0, 0.1) is 5.92 Å². The predicted molar refractivity (Wildman–Crippen MR) is 151 cm³/mol. The molecule has 0 bridgehead atoms. The topological polar surface area (TPSA) is 74.7 Å². The molecule has 2 aromatic rings. The molecule has 0 aromatic heterocycles. The van der Waals surface area contributed by atoms with Gasteiger partial charge in [0.2, 0.25) is 5.91 Å². The number of halogens is 1. The number of benzene rings is 2. The molecule has 0 unspecified atom stereocenters. The molecular formula is C30H37ClN4O4. The number of methoxy groups -OCH3 is 1. The van der Waals surface area contributed by atoms with E-state index in [-0.39, 0.29) is 30.3 Å². The first-order valence-corrected chi connectivity index (χ1v) is 14.3.